The number of para-hydroxylation sites is 3. The molecule has 33 heavy (non-hydrogen) atoms. The number of benzene rings is 5. The number of nitrogens with one attached hydrogen (secondary N) is 1. The van der Waals surface area contributed by atoms with Gasteiger partial charge in [0, 0.05) is 27.4 Å². The van der Waals surface area contributed by atoms with Crippen molar-refractivity contribution in [2.24, 2.45) is 0 Å². The minimum atomic E-state index is 0.876. The molecule has 0 atom stereocenters. The molecule has 0 aliphatic rings. The van der Waals surface area contributed by atoms with Gasteiger partial charge in [0.15, 0.2) is 0 Å². The quantitative estimate of drug-likeness (QED) is 0.307. The molecule has 0 aliphatic carbocycles. The van der Waals surface area contributed by atoms with Crippen molar-refractivity contribution in [2.45, 2.75) is 0 Å². The Bertz CT molecular complexity index is 1810. The molecule has 0 radical (unpaired) electrons. The van der Waals surface area contributed by atoms with Gasteiger partial charge in [-0.25, -0.2) is 0 Å². The van der Waals surface area contributed by atoms with Crippen LogP contribution >= 0.6 is 0 Å². The Labute approximate surface area is 189 Å². The van der Waals surface area contributed by atoms with Gasteiger partial charge in [0.2, 0.25) is 0 Å². The van der Waals surface area contributed by atoms with Crippen LogP contribution in [0, 0.1) is 0 Å². The van der Waals surface area contributed by atoms with Gasteiger partial charge in [0.05, 0.1) is 11.1 Å². The molecule has 0 saturated heterocycles. The summed E-state index contributed by atoms with van der Waals surface area (Å²) < 4.78 is 12.2. The maximum atomic E-state index is 6.14. The van der Waals surface area contributed by atoms with Gasteiger partial charge < -0.3 is 14.2 Å². The molecule has 5 aromatic carbocycles. The highest BCUT2D eigenvalue weighted by Crippen LogP contribution is 2.41. The minimum Gasteiger partial charge on any atom is -0.456 e. The molecule has 7 rings (SSSR count). The highest BCUT2D eigenvalue weighted by atomic mass is 16.3. The number of furan rings is 2. The van der Waals surface area contributed by atoms with E-state index >= 15 is 0 Å². The molecular weight excluding hydrogens is 406 g/mol. The second-order valence-corrected chi connectivity index (χ2v) is 8.22. The van der Waals surface area contributed by atoms with Gasteiger partial charge in [-0.15, -0.1) is 0 Å². The second-order valence-electron chi connectivity index (χ2n) is 8.22. The second kappa shape index (κ2) is 7.01. The lowest BCUT2D eigenvalue weighted by Gasteiger charge is -2.14. The minimum absolute atomic E-state index is 0.876. The molecule has 0 unspecified atom stereocenters. The van der Waals surface area contributed by atoms with Crippen LogP contribution < -0.4 is 5.32 Å². The number of hydrogen-bond acceptors (Lipinski definition) is 3. The summed E-state index contributed by atoms with van der Waals surface area (Å²) >= 11 is 0. The highest BCUT2D eigenvalue weighted by Gasteiger charge is 2.16. The van der Waals surface area contributed by atoms with Gasteiger partial charge in [-0.1, -0.05) is 72.8 Å². The lowest BCUT2D eigenvalue weighted by atomic mass is 9.97. The number of fused-ring (bicyclic) bond motifs is 6. The molecular formula is C30H19NO2. The molecule has 7 aromatic rings. The summed E-state index contributed by atoms with van der Waals surface area (Å²) in [6, 6.07) is 37.2. The van der Waals surface area contributed by atoms with E-state index in [1.54, 1.807) is 0 Å². The van der Waals surface area contributed by atoms with E-state index in [1.807, 2.05) is 48.5 Å². The lowest BCUT2D eigenvalue weighted by molar-refractivity contribution is 0.668. The first kappa shape index (κ1) is 18.1. The summed E-state index contributed by atoms with van der Waals surface area (Å²) in [5, 5.41) is 8.17. The van der Waals surface area contributed by atoms with Crippen molar-refractivity contribution < 1.29 is 8.83 Å². The largest absolute Gasteiger partial charge is 0.456 e. The van der Waals surface area contributed by atoms with Crippen molar-refractivity contribution in [1.29, 1.82) is 0 Å². The maximum Gasteiger partial charge on any atom is 0.137 e. The molecule has 3 heteroatoms. The average Bonchev–Trinajstić information content (AvgIpc) is 3.43. The zero-order valence-electron chi connectivity index (χ0n) is 17.7. The van der Waals surface area contributed by atoms with Gasteiger partial charge >= 0.3 is 0 Å². The van der Waals surface area contributed by atoms with Gasteiger partial charge in [-0.3, -0.25) is 0 Å². The van der Waals surface area contributed by atoms with Crippen LogP contribution in [0.2, 0.25) is 0 Å². The van der Waals surface area contributed by atoms with Crippen LogP contribution in [-0.4, -0.2) is 0 Å². The molecule has 0 fully saturated rings. The van der Waals surface area contributed by atoms with E-state index in [0.717, 1.165) is 66.4 Å². The van der Waals surface area contributed by atoms with Crippen molar-refractivity contribution in [1.82, 2.24) is 0 Å². The normalized spacial score (nSPS) is 11.6. The van der Waals surface area contributed by atoms with Crippen molar-refractivity contribution in [3.63, 3.8) is 0 Å². The van der Waals surface area contributed by atoms with E-state index in [4.69, 9.17) is 8.83 Å². The molecule has 0 amide bonds. The SMILES string of the molecule is c1ccc(-c2cccc3oc4ccccc4c23)c(Nc2cccc3oc4ccccc4c23)c1. The van der Waals surface area contributed by atoms with Crippen LogP contribution in [0.1, 0.15) is 0 Å². The zero-order valence-corrected chi connectivity index (χ0v) is 17.7. The molecule has 1 N–H and O–H groups in total. The fraction of sp³-hybridized carbons (Fsp3) is 0. The lowest BCUT2D eigenvalue weighted by Crippen LogP contribution is -1.94. The van der Waals surface area contributed by atoms with Crippen molar-refractivity contribution in [3.8, 4) is 11.1 Å². The molecule has 2 aromatic heterocycles. The first-order valence-corrected chi connectivity index (χ1v) is 11.0. The predicted octanol–water partition coefficient (Wildman–Crippen LogP) is 8.90. The predicted molar refractivity (Wildman–Crippen MR) is 136 cm³/mol. The summed E-state index contributed by atoms with van der Waals surface area (Å²) in [7, 11) is 0. The maximum absolute atomic E-state index is 6.14. The van der Waals surface area contributed by atoms with E-state index in [0.29, 0.717) is 0 Å². The first-order chi connectivity index (χ1) is 16.4. The molecule has 0 saturated carbocycles. The summed E-state index contributed by atoms with van der Waals surface area (Å²) in [5.74, 6) is 0. The van der Waals surface area contributed by atoms with Crippen LogP contribution in [0.4, 0.5) is 11.4 Å². The number of rotatable bonds is 3. The summed E-state index contributed by atoms with van der Waals surface area (Å²) in [6.45, 7) is 0. The zero-order chi connectivity index (χ0) is 21.8. The van der Waals surface area contributed by atoms with Crippen LogP contribution in [0.25, 0.3) is 55.0 Å². The average molecular weight is 425 g/mol. The molecule has 0 aliphatic heterocycles. The Morgan fingerprint density at radius 3 is 1.70 bits per heavy atom. The molecule has 0 bridgehead atoms. The van der Waals surface area contributed by atoms with E-state index in [1.165, 1.54) is 0 Å². The first-order valence-electron chi connectivity index (χ1n) is 11.0. The molecule has 0 spiro atoms. The number of anilines is 2. The van der Waals surface area contributed by atoms with E-state index in [2.05, 4.69) is 66.0 Å². The Morgan fingerprint density at radius 2 is 0.909 bits per heavy atom. The number of hydrogen-bond donors (Lipinski definition) is 1. The molecule has 2 heterocycles. The third kappa shape index (κ3) is 2.76. The van der Waals surface area contributed by atoms with Crippen molar-refractivity contribution in [2.75, 3.05) is 5.32 Å². The van der Waals surface area contributed by atoms with Crippen LogP contribution in [0.5, 0.6) is 0 Å². The van der Waals surface area contributed by atoms with Gasteiger partial charge in [-0.2, -0.15) is 0 Å². The van der Waals surface area contributed by atoms with Crippen molar-refractivity contribution >= 4 is 55.3 Å². The summed E-state index contributed by atoms with van der Waals surface area (Å²) in [4.78, 5) is 0. The van der Waals surface area contributed by atoms with Crippen molar-refractivity contribution in [3.05, 3.63) is 109 Å². The van der Waals surface area contributed by atoms with Crippen LogP contribution in [-0.2, 0) is 0 Å². The van der Waals surface area contributed by atoms with Crippen LogP contribution in [0.3, 0.4) is 0 Å². The molecule has 156 valence electrons. The monoisotopic (exact) mass is 425 g/mol. The Kier molecular flexibility index (Phi) is 3.84. The standard InChI is InChI=1S/C30H19NO2/c1-4-13-23(31-24-14-8-18-28-30(24)22-11-3-6-16-26(22)33-28)19(9-1)20-12-7-17-27-29(20)21-10-2-5-15-25(21)32-27/h1-18,31H. The fourth-order valence-electron chi connectivity index (χ4n) is 4.85. The smallest absolute Gasteiger partial charge is 0.137 e. The van der Waals surface area contributed by atoms with E-state index < -0.39 is 0 Å². The van der Waals surface area contributed by atoms with Gasteiger partial charge in [-0.05, 0) is 42.0 Å². The fourth-order valence-corrected chi connectivity index (χ4v) is 4.85. The third-order valence-corrected chi connectivity index (χ3v) is 6.29. The third-order valence-electron chi connectivity index (χ3n) is 6.29. The Hall–Kier alpha value is -4.50. The topological polar surface area (TPSA) is 38.3 Å². The van der Waals surface area contributed by atoms with Crippen LogP contribution in [0.15, 0.2) is 118 Å². The van der Waals surface area contributed by atoms with Gasteiger partial charge in [0.1, 0.15) is 22.3 Å². The van der Waals surface area contributed by atoms with E-state index in [9.17, 15) is 0 Å². The highest BCUT2D eigenvalue weighted by molar-refractivity contribution is 6.15. The summed E-state index contributed by atoms with van der Waals surface area (Å²) in [6.07, 6.45) is 0. The van der Waals surface area contributed by atoms with Gasteiger partial charge in [0.25, 0.3) is 0 Å². The molecule has 3 nitrogen and oxygen atoms in total. The summed E-state index contributed by atoms with van der Waals surface area (Å²) in [5.41, 5.74) is 7.89. The van der Waals surface area contributed by atoms with E-state index in [-0.39, 0.29) is 0 Å². The Morgan fingerprint density at radius 1 is 0.394 bits per heavy atom. The Balaban J connectivity index is 1.45.